The maximum absolute atomic E-state index is 11.5. The summed E-state index contributed by atoms with van der Waals surface area (Å²) >= 11 is 0. The first-order chi connectivity index (χ1) is 8.45. The second kappa shape index (κ2) is 6.53. The van der Waals surface area contributed by atoms with Gasteiger partial charge >= 0.3 is 0 Å². The van der Waals surface area contributed by atoms with Gasteiger partial charge in [-0.2, -0.15) is 0 Å². The minimum atomic E-state index is 0.182. The average Bonchev–Trinajstić information content (AvgIpc) is 2.35. The molecule has 0 aromatic rings. The first-order valence-corrected chi connectivity index (χ1v) is 7.00. The number of hydrogen-bond acceptors (Lipinski definition) is 3. The smallest absolute Gasteiger partial charge is 0.223 e. The summed E-state index contributed by atoms with van der Waals surface area (Å²) in [6.07, 6.45) is 3.11. The average molecular weight is 256 g/mol. The van der Waals surface area contributed by atoms with E-state index >= 15 is 0 Å². The van der Waals surface area contributed by atoms with Gasteiger partial charge in [0.2, 0.25) is 5.91 Å². The summed E-state index contributed by atoms with van der Waals surface area (Å²) in [6.45, 7) is 8.09. The van der Waals surface area contributed by atoms with Gasteiger partial charge in [0, 0.05) is 45.1 Å². The van der Waals surface area contributed by atoms with E-state index < -0.39 is 0 Å². The Hall–Kier alpha value is -0.610. The molecule has 1 saturated carbocycles. The Morgan fingerprint density at radius 2 is 2.11 bits per heavy atom. The van der Waals surface area contributed by atoms with Crippen molar-refractivity contribution >= 4 is 5.91 Å². The van der Waals surface area contributed by atoms with Crippen LogP contribution in [0, 0.1) is 5.41 Å². The van der Waals surface area contributed by atoms with Crippen LogP contribution in [0.5, 0.6) is 0 Å². The highest BCUT2D eigenvalue weighted by Gasteiger charge is 2.50. The van der Waals surface area contributed by atoms with Crippen molar-refractivity contribution in [3.05, 3.63) is 0 Å². The third kappa shape index (κ3) is 3.23. The summed E-state index contributed by atoms with van der Waals surface area (Å²) in [4.78, 5) is 13.1. The Morgan fingerprint density at radius 3 is 2.61 bits per heavy atom. The predicted molar refractivity (Wildman–Crippen MR) is 73.5 cm³/mol. The zero-order valence-corrected chi connectivity index (χ0v) is 12.5. The summed E-state index contributed by atoms with van der Waals surface area (Å²) in [5.74, 6) is 0.182. The van der Waals surface area contributed by atoms with Gasteiger partial charge in [0.25, 0.3) is 0 Å². The normalized spacial score (nSPS) is 30.9. The predicted octanol–water partition coefficient (Wildman–Crippen LogP) is 1.65. The quantitative estimate of drug-likeness (QED) is 0.753. The van der Waals surface area contributed by atoms with E-state index in [1.54, 1.807) is 19.0 Å². The van der Waals surface area contributed by atoms with E-state index in [0.29, 0.717) is 18.6 Å². The lowest BCUT2D eigenvalue weighted by Gasteiger charge is -2.53. The van der Waals surface area contributed by atoms with Gasteiger partial charge in [0.15, 0.2) is 0 Å². The molecule has 0 aromatic heterocycles. The van der Waals surface area contributed by atoms with Crippen LogP contribution in [0.25, 0.3) is 0 Å². The molecule has 1 rings (SSSR count). The van der Waals surface area contributed by atoms with Crippen LogP contribution in [0.4, 0.5) is 0 Å². The fourth-order valence-corrected chi connectivity index (χ4v) is 2.64. The fourth-order valence-electron chi connectivity index (χ4n) is 2.64. The van der Waals surface area contributed by atoms with Crippen LogP contribution in [0.1, 0.15) is 40.0 Å². The SMILES string of the molecule is CCOC1CC(NCCC(=O)N(C)C)C1(C)CC. The molecule has 4 heteroatoms. The molecule has 1 aliphatic carbocycles. The molecule has 1 N–H and O–H groups in total. The van der Waals surface area contributed by atoms with E-state index in [9.17, 15) is 4.79 Å². The number of carbonyl (C=O) groups is 1. The molecule has 0 heterocycles. The van der Waals surface area contributed by atoms with Crippen LogP contribution < -0.4 is 5.32 Å². The second-order valence-corrected chi connectivity index (χ2v) is 5.58. The molecule has 0 spiro atoms. The van der Waals surface area contributed by atoms with Gasteiger partial charge in [-0.25, -0.2) is 0 Å². The summed E-state index contributed by atoms with van der Waals surface area (Å²) in [7, 11) is 3.60. The molecule has 1 aliphatic rings. The molecule has 0 radical (unpaired) electrons. The molecule has 0 aliphatic heterocycles. The van der Waals surface area contributed by atoms with Gasteiger partial charge in [-0.3, -0.25) is 4.79 Å². The van der Waals surface area contributed by atoms with Crippen molar-refractivity contribution in [2.45, 2.75) is 52.2 Å². The molecule has 0 saturated heterocycles. The first kappa shape index (κ1) is 15.4. The third-order valence-electron chi connectivity index (χ3n) is 4.34. The van der Waals surface area contributed by atoms with E-state index in [1.165, 1.54) is 0 Å². The van der Waals surface area contributed by atoms with E-state index in [-0.39, 0.29) is 11.3 Å². The highest BCUT2D eigenvalue weighted by atomic mass is 16.5. The van der Waals surface area contributed by atoms with E-state index in [0.717, 1.165) is 26.0 Å². The topological polar surface area (TPSA) is 41.6 Å². The van der Waals surface area contributed by atoms with Crippen molar-refractivity contribution in [3.8, 4) is 0 Å². The summed E-state index contributed by atoms with van der Waals surface area (Å²) in [6, 6.07) is 0.481. The first-order valence-electron chi connectivity index (χ1n) is 7.00. The van der Waals surface area contributed by atoms with Crippen molar-refractivity contribution in [1.29, 1.82) is 0 Å². The molecule has 4 nitrogen and oxygen atoms in total. The van der Waals surface area contributed by atoms with Crippen LogP contribution in [0.15, 0.2) is 0 Å². The molecule has 3 atom stereocenters. The van der Waals surface area contributed by atoms with Crippen molar-refractivity contribution < 1.29 is 9.53 Å². The van der Waals surface area contributed by atoms with Gasteiger partial charge < -0.3 is 15.0 Å². The van der Waals surface area contributed by atoms with Gasteiger partial charge in [-0.05, 0) is 19.8 Å². The molecule has 0 bridgehead atoms. The van der Waals surface area contributed by atoms with E-state index in [2.05, 4.69) is 19.2 Å². The molecule has 0 aromatic carbocycles. The lowest BCUT2D eigenvalue weighted by atomic mass is 9.61. The Labute approximate surface area is 111 Å². The number of amides is 1. The van der Waals surface area contributed by atoms with Crippen molar-refractivity contribution in [2.75, 3.05) is 27.2 Å². The zero-order chi connectivity index (χ0) is 13.8. The Balaban J connectivity index is 2.34. The standard InChI is InChI=1S/C14H28N2O2/c1-6-14(3)11(10-12(14)18-7-2)15-9-8-13(17)16(4)5/h11-12,15H,6-10H2,1-5H3. The molecule has 1 amide bonds. The number of carbonyl (C=O) groups excluding carboxylic acids is 1. The van der Waals surface area contributed by atoms with E-state index in [1.807, 2.05) is 6.92 Å². The summed E-state index contributed by atoms with van der Waals surface area (Å²) in [5, 5.41) is 3.51. The highest BCUT2D eigenvalue weighted by molar-refractivity contribution is 5.75. The molecule has 3 unspecified atom stereocenters. The number of nitrogens with zero attached hydrogens (tertiary/aromatic N) is 1. The van der Waals surface area contributed by atoms with Crippen LogP contribution in [-0.4, -0.2) is 50.2 Å². The van der Waals surface area contributed by atoms with Crippen molar-refractivity contribution in [1.82, 2.24) is 10.2 Å². The molecule has 1 fully saturated rings. The van der Waals surface area contributed by atoms with Gasteiger partial charge in [-0.1, -0.05) is 13.8 Å². The van der Waals surface area contributed by atoms with Gasteiger partial charge in [0.1, 0.15) is 0 Å². The van der Waals surface area contributed by atoms with Crippen molar-refractivity contribution in [2.24, 2.45) is 5.41 Å². The largest absolute Gasteiger partial charge is 0.378 e. The maximum Gasteiger partial charge on any atom is 0.223 e. The summed E-state index contributed by atoms with van der Waals surface area (Å²) in [5.41, 5.74) is 0.219. The third-order valence-corrected chi connectivity index (χ3v) is 4.34. The van der Waals surface area contributed by atoms with Gasteiger partial charge in [0.05, 0.1) is 6.10 Å². The monoisotopic (exact) mass is 256 g/mol. The molecule has 18 heavy (non-hydrogen) atoms. The minimum absolute atomic E-state index is 0.182. The fraction of sp³-hybridized carbons (Fsp3) is 0.929. The highest BCUT2D eigenvalue weighted by Crippen LogP contribution is 2.45. The number of rotatable bonds is 7. The Kier molecular flexibility index (Phi) is 5.60. The molecule has 106 valence electrons. The second-order valence-electron chi connectivity index (χ2n) is 5.58. The van der Waals surface area contributed by atoms with Crippen LogP contribution in [-0.2, 0) is 9.53 Å². The van der Waals surface area contributed by atoms with Gasteiger partial charge in [-0.15, -0.1) is 0 Å². The lowest BCUT2D eigenvalue weighted by Crippen LogP contribution is -2.62. The number of ether oxygens (including phenoxy) is 1. The minimum Gasteiger partial charge on any atom is -0.378 e. The van der Waals surface area contributed by atoms with E-state index in [4.69, 9.17) is 4.74 Å². The molecular formula is C14H28N2O2. The van der Waals surface area contributed by atoms with Crippen LogP contribution in [0.2, 0.25) is 0 Å². The zero-order valence-electron chi connectivity index (χ0n) is 12.5. The number of hydrogen-bond donors (Lipinski definition) is 1. The Bertz CT molecular complexity index is 281. The van der Waals surface area contributed by atoms with Crippen molar-refractivity contribution in [3.63, 3.8) is 0 Å². The Morgan fingerprint density at radius 1 is 1.44 bits per heavy atom. The lowest BCUT2D eigenvalue weighted by molar-refractivity contribution is -0.131. The van der Waals surface area contributed by atoms with Crippen LogP contribution in [0.3, 0.4) is 0 Å². The molecular weight excluding hydrogens is 228 g/mol. The van der Waals surface area contributed by atoms with Crippen LogP contribution >= 0.6 is 0 Å². The number of nitrogens with one attached hydrogen (secondary N) is 1. The summed E-state index contributed by atoms with van der Waals surface area (Å²) < 4.78 is 5.77. The maximum atomic E-state index is 11.5.